The minimum absolute atomic E-state index is 0.0545. The summed E-state index contributed by atoms with van der Waals surface area (Å²) < 4.78 is 14.7. The predicted octanol–water partition coefficient (Wildman–Crippen LogP) is 2.18. The molecule has 29 heavy (non-hydrogen) atoms. The standard InChI is InChI=1S/C19H20N2O8/c1-4-27-17(22)14(11-20)15(12-7-9-13(10-8-12)21(25)26)16(18(23)28-5-2)19(24)29-6-3/h7-10,16H,4-6H2,1-3H3. The van der Waals surface area contributed by atoms with Crippen molar-refractivity contribution in [1.82, 2.24) is 0 Å². The number of nitro groups is 1. The highest BCUT2D eigenvalue weighted by atomic mass is 16.6. The van der Waals surface area contributed by atoms with E-state index in [0.29, 0.717) is 0 Å². The molecule has 1 aromatic rings. The summed E-state index contributed by atoms with van der Waals surface area (Å²) in [5, 5.41) is 20.5. The van der Waals surface area contributed by atoms with Gasteiger partial charge in [-0.2, -0.15) is 5.26 Å². The monoisotopic (exact) mass is 404 g/mol. The van der Waals surface area contributed by atoms with Crippen LogP contribution in [0.1, 0.15) is 26.3 Å². The summed E-state index contributed by atoms with van der Waals surface area (Å²) in [6, 6.07) is 6.32. The van der Waals surface area contributed by atoms with Gasteiger partial charge in [-0.25, -0.2) is 4.79 Å². The van der Waals surface area contributed by atoms with Crippen molar-refractivity contribution in [2.24, 2.45) is 5.92 Å². The summed E-state index contributed by atoms with van der Waals surface area (Å²) in [5.41, 5.74) is -1.11. The molecule has 154 valence electrons. The Morgan fingerprint density at radius 1 is 1.00 bits per heavy atom. The number of nitro benzene ring substituents is 1. The Balaban J connectivity index is 3.77. The van der Waals surface area contributed by atoms with Gasteiger partial charge in [-0.3, -0.25) is 19.7 Å². The summed E-state index contributed by atoms with van der Waals surface area (Å²) in [6.07, 6.45) is 0. The number of hydrogen-bond acceptors (Lipinski definition) is 9. The van der Waals surface area contributed by atoms with Crippen molar-refractivity contribution >= 4 is 29.2 Å². The van der Waals surface area contributed by atoms with Gasteiger partial charge in [0, 0.05) is 17.7 Å². The van der Waals surface area contributed by atoms with Gasteiger partial charge < -0.3 is 14.2 Å². The zero-order chi connectivity index (χ0) is 22.0. The van der Waals surface area contributed by atoms with Crippen molar-refractivity contribution in [1.29, 1.82) is 5.26 Å². The first-order valence-electron chi connectivity index (χ1n) is 8.71. The van der Waals surface area contributed by atoms with E-state index in [1.165, 1.54) is 32.9 Å². The fourth-order valence-electron chi connectivity index (χ4n) is 2.42. The molecule has 0 heterocycles. The Morgan fingerprint density at radius 3 is 1.86 bits per heavy atom. The molecular weight excluding hydrogens is 384 g/mol. The molecule has 0 saturated heterocycles. The van der Waals surface area contributed by atoms with E-state index in [0.717, 1.165) is 12.1 Å². The molecule has 1 aromatic carbocycles. The molecule has 0 bridgehead atoms. The Morgan fingerprint density at radius 2 is 1.48 bits per heavy atom. The Labute approximate surface area is 166 Å². The van der Waals surface area contributed by atoms with Gasteiger partial charge >= 0.3 is 17.9 Å². The first kappa shape index (κ1) is 23.3. The predicted molar refractivity (Wildman–Crippen MR) is 99.0 cm³/mol. The maximum atomic E-state index is 12.5. The molecule has 10 nitrogen and oxygen atoms in total. The third-order valence-corrected chi connectivity index (χ3v) is 3.58. The molecule has 10 heteroatoms. The molecule has 0 N–H and O–H groups in total. The largest absolute Gasteiger partial charge is 0.465 e. The highest BCUT2D eigenvalue weighted by molar-refractivity contribution is 6.13. The number of nitriles is 1. The normalized spacial score (nSPS) is 11.1. The van der Waals surface area contributed by atoms with Crippen LogP contribution in [0.4, 0.5) is 5.69 Å². The molecule has 1 rings (SSSR count). The lowest BCUT2D eigenvalue weighted by molar-refractivity contribution is -0.384. The number of ether oxygens (including phenoxy) is 3. The van der Waals surface area contributed by atoms with Crippen molar-refractivity contribution in [3.8, 4) is 6.07 Å². The summed E-state index contributed by atoms with van der Waals surface area (Å²) >= 11 is 0. The molecular formula is C19H20N2O8. The van der Waals surface area contributed by atoms with Crippen LogP contribution in [0.5, 0.6) is 0 Å². The maximum Gasteiger partial charge on any atom is 0.349 e. The Hall–Kier alpha value is -3.74. The van der Waals surface area contributed by atoms with Crippen LogP contribution in [-0.2, 0) is 28.6 Å². The van der Waals surface area contributed by atoms with E-state index in [9.17, 15) is 29.8 Å². The number of nitrogens with zero attached hydrogens (tertiary/aromatic N) is 2. The Bertz CT molecular complexity index is 834. The first-order valence-corrected chi connectivity index (χ1v) is 8.71. The number of hydrogen-bond donors (Lipinski definition) is 0. The lowest BCUT2D eigenvalue weighted by Crippen LogP contribution is -2.31. The van der Waals surface area contributed by atoms with Crippen molar-refractivity contribution in [2.75, 3.05) is 19.8 Å². The van der Waals surface area contributed by atoms with Crippen LogP contribution in [0, 0.1) is 27.4 Å². The highest BCUT2D eigenvalue weighted by Gasteiger charge is 2.38. The van der Waals surface area contributed by atoms with Gasteiger partial charge in [0.15, 0.2) is 5.92 Å². The number of non-ortho nitro benzene ring substituents is 1. The third kappa shape index (κ3) is 5.87. The topological polar surface area (TPSA) is 146 Å². The highest BCUT2D eigenvalue weighted by Crippen LogP contribution is 2.31. The van der Waals surface area contributed by atoms with Crippen molar-refractivity contribution < 1.29 is 33.5 Å². The fourth-order valence-corrected chi connectivity index (χ4v) is 2.42. The van der Waals surface area contributed by atoms with E-state index in [4.69, 9.17) is 14.2 Å². The molecule has 0 radical (unpaired) electrons. The fraction of sp³-hybridized carbons (Fsp3) is 0.368. The summed E-state index contributed by atoms with van der Waals surface area (Å²) in [7, 11) is 0. The summed E-state index contributed by atoms with van der Waals surface area (Å²) in [4.78, 5) is 47.6. The van der Waals surface area contributed by atoms with Crippen LogP contribution in [-0.4, -0.2) is 42.7 Å². The van der Waals surface area contributed by atoms with E-state index in [2.05, 4.69) is 0 Å². The van der Waals surface area contributed by atoms with Gasteiger partial charge in [0.2, 0.25) is 0 Å². The van der Waals surface area contributed by atoms with Crippen LogP contribution in [0.2, 0.25) is 0 Å². The zero-order valence-electron chi connectivity index (χ0n) is 16.2. The van der Waals surface area contributed by atoms with E-state index in [-0.39, 0.29) is 36.6 Å². The number of carbonyl (C=O) groups is 3. The second-order valence-electron chi connectivity index (χ2n) is 5.36. The molecule has 0 unspecified atom stereocenters. The lowest BCUT2D eigenvalue weighted by atomic mass is 9.88. The zero-order valence-corrected chi connectivity index (χ0v) is 16.2. The van der Waals surface area contributed by atoms with Gasteiger partial charge in [0.05, 0.1) is 24.7 Å². The average Bonchev–Trinajstić information content (AvgIpc) is 2.68. The minimum atomic E-state index is -1.75. The molecule has 0 amide bonds. The van der Waals surface area contributed by atoms with Gasteiger partial charge in [-0.05, 0) is 38.5 Å². The second kappa shape index (κ2) is 11.2. The van der Waals surface area contributed by atoms with Gasteiger partial charge in [-0.15, -0.1) is 0 Å². The molecule has 0 atom stereocenters. The third-order valence-electron chi connectivity index (χ3n) is 3.58. The lowest BCUT2D eigenvalue weighted by Gasteiger charge is -2.19. The number of benzene rings is 1. The number of rotatable bonds is 9. The van der Waals surface area contributed by atoms with Crippen LogP contribution in [0.3, 0.4) is 0 Å². The van der Waals surface area contributed by atoms with Crippen LogP contribution < -0.4 is 0 Å². The van der Waals surface area contributed by atoms with E-state index in [1.807, 2.05) is 0 Å². The summed E-state index contributed by atoms with van der Waals surface area (Å²) in [6.45, 7) is 4.37. The molecule has 0 aliphatic rings. The number of carbonyl (C=O) groups excluding carboxylic acids is 3. The second-order valence-corrected chi connectivity index (χ2v) is 5.36. The number of esters is 3. The SMILES string of the molecule is CCOC(=O)C(C#N)=C(c1ccc([N+](=O)[O-])cc1)C(C(=O)OCC)C(=O)OCC. The van der Waals surface area contributed by atoms with Crippen LogP contribution in [0.25, 0.3) is 5.57 Å². The van der Waals surface area contributed by atoms with Crippen molar-refractivity contribution in [3.05, 3.63) is 45.5 Å². The van der Waals surface area contributed by atoms with Gasteiger partial charge in [0.1, 0.15) is 11.6 Å². The van der Waals surface area contributed by atoms with Gasteiger partial charge in [-0.1, -0.05) is 0 Å². The van der Waals surface area contributed by atoms with Crippen LogP contribution >= 0.6 is 0 Å². The van der Waals surface area contributed by atoms with Gasteiger partial charge in [0.25, 0.3) is 5.69 Å². The Kier molecular flexibility index (Phi) is 8.98. The quantitative estimate of drug-likeness (QED) is 0.115. The smallest absolute Gasteiger partial charge is 0.349 e. The van der Waals surface area contributed by atoms with Crippen molar-refractivity contribution in [2.45, 2.75) is 20.8 Å². The molecule has 0 saturated carbocycles. The molecule has 0 aliphatic carbocycles. The van der Waals surface area contributed by atoms with Crippen molar-refractivity contribution in [3.63, 3.8) is 0 Å². The van der Waals surface area contributed by atoms with E-state index < -0.39 is 34.3 Å². The molecule has 0 spiro atoms. The molecule has 0 aromatic heterocycles. The van der Waals surface area contributed by atoms with E-state index >= 15 is 0 Å². The summed E-state index contributed by atoms with van der Waals surface area (Å²) in [5.74, 6) is -4.87. The minimum Gasteiger partial charge on any atom is -0.465 e. The maximum absolute atomic E-state index is 12.5. The molecule has 0 aliphatic heterocycles. The first-order chi connectivity index (χ1) is 13.8. The average molecular weight is 404 g/mol. The molecule has 0 fully saturated rings. The van der Waals surface area contributed by atoms with Crippen LogP contribution in [0.15, 0.2) is 29.8 Å². The van der Waals surface area contributed by atoms with E-state index in [1.54, 1.807) is 6.07 Å².